The van der Waals surface area contributed by atoms with Gasteiger partial charge in [0, 0.05) is 31.4 Å². The second-order valence-corrected chi connectivity index (χ2v) is 21.4. The van der Waals surface area contributed by atoms with Crippen molar-refractivity contribution in [2.45, 2.75) is 107 Å². The molecule has 24 nitrogen and oxygen atoms in total. The number of aliphatic imine (C=N–C) groups is 1. The van der Waals surface area contributed by atoms with Crippen molar-refractivity contribution in [2.75, 3.05) is 20.7 Å². The predicted octanol–water partition coefficient (Wildman–Crippen LogP) is 2.26. The van der Waals surface area contributed by atoms with E-state index >= 15 is 9.59 Å². The number of ether oxygens (including phenoxy) is 2. The van der Waals surface area contributed by atoms with E-state index in [-0.39, 0.29) is 96.8 Å². The Morgan fingerprint density at radius 1 is 0.765 bits per heavy atom. The number of likely N-dealkylation sites (N-methyl/N-ethyl adjacent to an activating group) is 1. The molecule has 5 heterocycles. The van der Waals surface area contributed by atoms with E-state index in [2.05, 4.69) is 42.2 Å². The molecule has 1 saturated heterocycles. The number of aliphatic hydroxyl groups excluding tert-OH is 6. The van der Waals surface area contributed by atoms with Gasteiger partial charge in [0.25, 0.3) is 0 Å². The second-order valence-electron chi connectivity index (χ2n) is 20.6. The molecule has 11 atom stereocenters. The van der Waals surface area contributed by atoms with Crippen LogP contribution >= 0.6 is 23.2 Å². The number of nitrogens with zero attached hydrogens (tertiary/aromatic N) is 1. The van der Waals surface area contributed by atoms with Gasteiger partial charge in [0.2, 0.25) is 41.2 Å². The molecule has 2 aliphatic carbocycles. The second kappa shape index (κ2) is 25.0. The Morgan fingerprint density at radius 2 is 1.40 bits per heavy atom. The number of hydrogen-bond donors (Lipinski definition) is 15. The molecule has 6 amide bonds. The minimum absolute atomic E-state index is 0.00124. The van der Waals surface area contributed by atoms with E-state index in [1.807, 2.05) is 13.8 Å². The number of amides is 6. The lowest BCUT2D eigenvalue weighted by atomic mass is 9.75. The minimum atomic E-state index is -1.92. The molecule has 81 heavy (non-hydrogen) atoms. The number of aromatic hydroxyl groups is 1. The first kappa shape index (κ1) is 59.4. The number of phenols is 1. The van der Waals surface area contributed by atoms with Crippen molar-refractivity contribution < 1.29 is 74.0 Å². The summed E-state index contributed by atoms with van der Waals surface area (Å²) in [5.74, 6) is -9.62. The summed E-state index contributed by atoms with van der Waals surface area (Å²) in [5, 5.41) is 99.8. The number of allylic oxidation sites excluding steroid dienone is 3. The van der Waals surface area contributed by atoms with Crippen LogP contribution in [0, 0.1) is 11.8 Å². The smallest absolute Gasteiger partial charge is 0.247 e. The van der Waals surface area contributed by atoms with Gasteiger partial charge < -0.3 is 88.2 Å². The van der Waals surface area contributed by atoms with Crippen molar-refractivity contribution in [3.63, 3.8) is 0 Å². The highest BCUT2D eigenvalue weighted by atomic mass is 35.5. The third kappa shape index (κ3) is 12.9. The topological polar surface area (TPSA) is 385 Å². The lowest BCUT2D eigenvalue weighted by molar-refractivity contribution is -0.135. The third-order valence-corrected chi connectivity index (χ3v) is 15.1. The van der Waals surface area contributed by atoms with Gasteiger partial charge in [-0.1, -0.05) is 55.3 Å². The molecule has 0 aromatic heterocycles. The summed E-state index contributed by atoms with van der Waals surface area (Å²) in [7, 11) is 2.82. The van der Waals surface area contributed by atoms with Crippen LogP contribution in [0.4, 0.5) is 0 Å². The molecule has 2 unspecified atom stereocenters. The van der Waals surface area contributed by atoms with Gasteiger partial charge in [0.05, 0.1) is 40.6 Å². The van der Waals surface area contributed by atoms with E-state index < -0.39 is 133 Å². The van der Waals surface area contributed by atoms with E-state index in [1.165, 1.54) is 73.8 Å². The average molecular weight is 1160 g/mol. The highest BCUT2D eigenvalue weighted by molar-refractivity contribution is 6.32. The third-order valence-electron chi connectivity index (χ3n) is 14.5. The summed E-state index contributed by atoms with van der Waals surface area (Å²) in [6.07, 6.45) is -2.34. The Labute approximate surface area is 474 Å². The molecule has 1 fully saturated rings. The van der Waals surface area contributed by atoms with Crippen LogP contribution in [0.3, 0.4) is 0 Å². The molecule has 0 radical (unpaired) electrons. The van der Waals surface area contributed by atoms with Crippen molar-refractivity contribution in [1.29, 1.82) is 0 Å². The Kier molecular flexibility index (Phi) is 18.3. The van der Waals surface area contributed by atoms with Gasteiger partial charge in [-0.25, -0.2) is 0 Å². The van der Waals surface area contributed by atoms with E-state index in [0.29, 0.717) is 6.42 Å². The van der Waals surface area contributed by atoms with Crippen LogP contribution in [0.1, 0.15) is 80.9 Å². The molecule has 16 N–H and O–H groups in total. The summed E-state index contributed by atoms with van der Waals surface area (Å²) < 4.78 is 12.6. The quantitative estimate of drug-likeness (QED) is 0.146. The van der Waals surface area contributed by atoms with Crippen molar-refractivity contribution in [3.05, 3.63) is 122 Å². The molecule has 26 heteroatoms. The van der Waals surface area contributed by atoms with E-state index in [4.69, 9.17) is 38.4 Å². The predicted molar refractivity (Wildman–Crippen MR) is 293 cm³/mol. The summed E-state index contributed by atoms with van der Waals surface area (Å²) >= 11 is 13.7. The molecule has 3 aromatic rings. The van der Waals surface area contributed by atoms with Crippen molar-refractivity contribution in [1.82, 2.24) is 37.2 Å². The van der Waals surface area contributed by atoms with Crippen LogP contribution in [0.25, 0.3) is 0 Å². The van der Waals surface area contributed by atoms with Gasteiger partial charge in [-0.2, -0.15) is 0 Å². The standard InChI is InChI=1S/C55H63Cl2N9O15/c1-22(2)13-33(59-3)52(76)65-45-47(72)24-6-10-37(30(56)15-24)80-39-17-26-18-40(49(39)74)81-38-11-7-25(16-31(38)57)48(73)46-55(79)62-34(21-67)28-19-27(68)20-36(70)42(28)29-14-23(5-9-35(29)69)44(53(77)66-46)63-50(60-4)43(26)64-51(75)32(61-54(45)78)8-12-41(58)71/h5-7,9-11,15-19,22,27,29,32-34,43-48,59,67-70,72-74H,8,12-14,20-21H2,1-4H3,(H2,58,71)(H,60,63)(H,61,78)(H,62,79)(H,64,75)(H,65,76)(H,66,77)/t27?,29?,32-,33+,34+,43+,44+,45+,46-,47+,48+/m0/s1. The molecule has 7 aliphatic rings. The number of benzene rings is 3. The minimum Gasteiger partial charge on any atom is -0.512 e. The Bertz CT molecular complexity index is 3180. The van der Waals surface area contributed by atoms with E-state index in [0.717, 1.165) is 0 Å². The number of fused-ring (bicyclic) bond motifs is 15. The normalized spacial score (nSPS) is 26.9. The maximum atomic E-state index is 15.3. The van der Waals surface area contributed by atoms with Crippen LogP contribution in [-0.4, -0.2) is 140 Å². The number of carbonyl (C=O) groups excluding carboxylic acids is 6. The largest absolute Gasteiger partial charge is 0.512 e. The lowest BCUT2D eigenvalue weighted by Crippen LogP contribution is -2.60. The molecule has 5 aliphatic heterocycles. The first-order chi connectivity index (χ1) is 38.5. The number of primary amides is 1. The maximum Gasteiger partial charge on any atom is 0.247 e. The summed E-state index contributed by atoms with van der Waals surface area (Å²) in [4.78, 5) is 90.5. The molecule has 0 saturated carbocycles. The monoisotopic (exact) mass is 1160 g/mol. The molecular formula is C55H63Cl2N9O15. The summed E-state index contributed by atoms with van der Waals surface area (Å²) in [6.45, 7) is 2.94. The SMILES string of the molecule is C/N=C1/N[C@H]2C(=O)N[C@H](C(=O)N[C@H](CO)C3=CC(O)CC(O)=C3C3CC2=CC=C3O)[C@H](O)c2ccc(c(Cl)c2)Oc2cc3cc(c2O)Oc2ccc(cc2Cl)[C@@H](O)[C@@H](NC(=O)[C@@H](CC(C)C)NC)C(=O)N[C@@H](CCC(N)=O)C(=O)N[C@@H]13. The fourth-order valence-electron chi connectivity index (χ4n) is 10.3. The number of halogens is 2. The molecule has 0 spiro atoms. The fourth-order valence-corrected chi connectivity index (χ4v) is 10.8. The number of carbonyl (C=O) groups is 6. The van der Waals surface area contributed by atoms with Crippen LogP contribution in [0.5, 0.6) is 28.7 Å². The van der Waals surface area contributed by atoms with Gasteiger partial charge in [-0.3, -0.25) is 33.8 Å². The van der Waals surface area contributed by atoms with E-state index in [9.17, 15) is 54.9 Å². The molecule has 432 valence electrons. The zero-order chi connectivity index (χ0) is 58.7. The lowest BCUT2D eigenvalue weighted by Gasteiger charge is -2.37. The maximum absolute atomic E-state index is 15.3. The summed E-state index contributed by atoms with van der Waals surface area (Å²) in [5.41, 5.74) is 5.73. The first-order valence-electron chi connectivity index (χ1n) is 25.9. The highest BCUT2D eigenvalue weighted by Crippen LogP contribution is 2.47. The van der Waals surface area contributed by atoms with Gasteiger partial charge in [0.1, 0.15) is 65.5 Å². The summed E-state index contributed by atoms with van der Waals surface area (Å²) in [6, 6.07) is -0.706. The van der Waals surface area contributed by atoms with Gasteiger partial charge >= 0.3 is 0 Å². The number of phenolic OH excluding ortho intramolecular Hbond substituents is 1. The van der Waals surface area contributed by atoms with Crippen LogP contribution in [0.2, 0.25) is 10.0 Å². The fraction of sp³-hybridized carbons (Fsp3) is 0.400. The number of nitrogens with one attached hydrogen (secondary N) is 7. The van der Waals surface area contributed by atoms with Crippen molar-refractivity contribution in [2.24, 2.45) is 22.6 Å². The molecule has 11 bridgehead atoms. The Morgan fingerprint density at radius 3 is 1.98 bits per heavy atom. The highest BCUT2D eigenvalue weighted by Gasteiger charge is 2.43. The van der Waals surface area contributed by atoms with Crippen LogP contribution in [0.15, 0.2) is 100.0 Å². The zero-order valence-electron chi connectivity index (χ0n) is 44.2. The molecular weight excluding hydrogens is 1100 g/mol. The number of rotatable bonds is 9. The molecule has 3 aromatic carbocycles. The van der Waals surface area contributed by atoms with Crippen molar-refractivity contribution in [3.8, 4) is 28.7 Å². The average Bonchev–Trinajstić information content (AvgIpc) is 3.43. The van der Waals surface area contributed by atoms with Crippen LogP contribution in [-0.2, 0) is 28.8 Å². The number of nitrogens with two attached hydrogens (primary N) is 1. The Balaban J connectivity index is 1.35. The Hall–Kier alpha value is -7.71. The number of amidine groups is 1. The van der Waals surface area contributed by atoms with Gasteiger partial charge in [-0.15, -0.1) is 0 Å². The first-order valence-corrected chi connectivity index (χ1v) is 26.7. The van der Waals surface area contributed by atoms with Crippen LogP contribution < -0.4 is 52.4 Å². The van der Waals surface area contributed by atoms with Crippen molar-refractivity contribution >= 4 is 64.5 Å². The number of hydrogen-bond acceptors (Lipinski definition) is 17. The number of aliphatic hydroxyl groups is 6. The zero-order valence-corrected chi connectivity index (χ0v) is 45.7. The van der Waals surface area contributed by atoms with Gasteiger partial charge in [0.15, 0.2) is 11.5 Å². The molecule has 10 rings (SSSR count). The van der Waals surface area contributed by atoms with Gasteiger partial charge in [-0.05, 0) is 109 Å². The van der Waals surface area contributed by atoms with E-state index in [1.54, 1.807) is 7.05 Å².